The molecule has 0 spiro atoms. The number of hydrogen-bond acceptors (Lipinski definition) is 4. The number of anilines is 1. The van der Waals surface area contributed by atoms with Gasteiger partial charge in [-0.1, -0.05) is 24.3 Å². The summed E-state index contributed by atoms with van der Waals surface area (Å²) in [5.41, 5.74) is -10.4. The van der Waals surface area contributed by atoms with Gasteiger partial charge < -0.3 is 0 Å². The molecule has 0 atom stereocenters. The second kappa shape index (κ2) is 10.3. The highest BCUT2D eigenvalue weighted by atomic mass is 19.4. The van der Waals surface area contributed by atoms with Crippen molar-refractivity contribution in [2.75, 3.05) is 11.9 Å². The van der Waals surface area contributed by atoms with E-state index in [2.05, 4.69) is 0 Å². The third kappa shape index (κ3) is 4.45. The van der Waals surface area contributed by atoms with Crippen LogP contribution in [-0.4, -0.2) is 47.9 Å². The molecule has 0 aliphatic carbocycles. The molecule has 2 aliphatic rings. The zero-order chi connectivity index (χ0) is 34.4. The predicted octanol–water partition coefficient (Wildman–Crippen LogP) is 7.38. The van der Waals surface area contributed by atoms with Crippen molar-refractivity contribution < 1.29 is 54.3 Å². The number of benzene rings is 4. The Bertz CT molecular complexity index is 2050. The van der Waals surface area contributed by atoms with E-state index in [1.54, 1.807) is 6.92 Å². The Kier molecular flexibility index (Phi) is 6.92. The molecule has 0 N–H and O–H groups in total. The number of nitrogens with zero attached hydrogens (tertiary/aromatic N) is 2. The fourth-order valence-electron chi connectivity index (χ4n) is 5.99. The lowest BCUT2D eigenvalue weighted by molar-refractivity contribution is -0.288. The zero-order valence-electron chi connectivity index (χ0n) is 24.0. The SMILES string of the molecule is Cc1ccc(-c2ccc(N3C(=O)c4ccc(C(c5ccc6c(c5)C(=O)N(C)C6=O)(C(F)(F)F)C(F)(F)F)cc4C3=O)cc2F)c(F)c1. The first-order valence-electron chi connectivity index (χ1n) is 13.6. The van der Waals surface area contributed by atoms with E-state index >= 15 is 4.39 Å². The van der Waals surface area contributed by atoms with Crippen LogP contribution in [0.25, 0.3) is 11.1 Å². The molecular weight excluding hydrogens is 640 g/mol. The van der Waals surface area contributed by atoms with Gasteiger partial charge in [-0.15, -0.1) is 0 Å². The molecule has 0 radical (unpaired) electrons. The van der Waals surface area contributed by atoms with Crippen molar-refractivity contribution in [2.45, 2.75) is 24.7 Å². The number of carbonyl (C=O) groups is 4. The van der Waals surface area contributed by atoms with Gasteiger partial charge >= 0.3 is 12.4 Å². The molecule has 0 fully saturated rings. The van der Waals surface area contributed by atoms with E-state index in [0.29, 0.717) is 51.8 Å². The van der Waals surface area contributed by atoms with Crippen molar-refractivity contribution in [3.63, 3.8) is 0 Å². The van der Waals surface area contributed by atoms with E-state index in [-0.39, 0.29) is 17.2 Å². The lowest BCUT2D eigenvalue weighted by Gasteiger charge is -2.38. The van der Waals surface area contributed by atoms with Gasteiger partial charge in [-0.3, -0.25) is 24.1 Å². The normalized spacial score (nSPS) is 15.1. The van der Waals surface area contributed by atoms with Gasteiger partial charge in [0.2, 0.25) is 5.41 Å². The van der Waals surface area contributed by atoms with Gasteiger partial charge in [-0.05, 0) is 72.1 Å². The summed E-state index contributed by atoms with van der Waals surface area (Å²) in [7, 11) is 1.01. The monoisotopic (exact) mass is 658 g/mol. The lowest BCUT2D eigenvalue weighted by atomic mass is 9.71. The number of halogens is 8. The minimum Gasteiger partial charge on any atom is -0.277 e. The maximum absolute atomic E-state index is 15.2. The molecule has 2 heterocycles. The summed E-state index contributed by atoms with van der Waals surface area (Å²) < 4.78 is 119. The topological polar surface area (TPSA) is 74.8 Å². The van der Waals surface area contributed by atoms with Crippen LogP contribution in [0.3, 0.4) is 0 Å². The molecule has 2 aliphatic heterocycles. The molecule has 0 bridgehead atoms. The maximum Gasteiger partial charge on any atom is 0.411 e. The summed E-state index contributed by atoms with van der Waals surface area (Å²) in [6.45, 7) is 1.61. The fraction of sp³-hybridized carbons (Fsp3) is 0.152. The van der Waals surface area contributed by atoms with Crippen molar-refractivity contribution in [3.8, 4) is 11.1 Å². The molecule has 4 aromatic carbocycles. The van der Waals surface area contributed by atoms with Gasteiger partial charge in [0.15, 0.2) is 0 Å². The Morgan fingerprint density at radius 1 is 0.511 bits per heavy atom. The summed E-state index contributed by atoms with van der Waals surface area (Å²) in [4.78, 5) is 52.3. The molecule has 240 valence electrons. The van der Waals surface area contributed by atoms with E-state index in [1.807, 2.05) is 0 Å². The summed E-state index contributed by atoms with van der Waals surface area (Å²) in [6, 6.07) is 9.62. The number of rotatable bonds is 4. The molecule has 4 amide bonds. The van der Waals surface area contributed by atoms with Gasteiger partial charge in [0, 0.05) is 18.2 Å². The van der Waals surface area contributed by atoms with E-state index in [9.17, 15) is 49.9 Å². The molecule has 0 aromatic heterocycles. The van der Waals surface area contributed by atoms with Gasteiger partial charge in [-0.2, -0.15) is 26.3 Å². The second-order valence-electron chi connectivity index (χ2n) is 11.0. The van der Waals surface area contributed by atoms with Crippen LogP contribution in [0.5, 0.6) is 0 Å². The maximum atomic E-state index is 15.2. The number of imide groups is 2. The Labute approximate surface area is 259 Å². The number of carbonyl (C=O) groups excluding carboxylic acids is 4. The van der Waals surface area contributed by atoms with Crippen LogP contribution in [0.15, 0.2) is 72.8 Å². The van der Waals surface area contributed by atoms with E-state index in [0.717, 1.165) is 25.2 Å². The summed E-state index contributed by atoms with van der Waals surface area (Å²) in [5, 5.41) is 0. The molecule has 14 heteroatoms. The Morgan fingerprint density at radius 3 is 1.45 bits per heavy atom. The van der Waals surface area contributed by atoms with Crippen LogP contribution in [-0.2, 0) is 5.41 Å². The van der Waals surface area contributed by atoms with Crippen LogP contribution in [0.1, 0.15) is 58.1 Å². The minimum absolute atomic E-state index is 0.133. The summed E-state index contributed by atoms with van der Waals surface area (Å²) in [5.74, 6) is -6.34. The Hall–Kier alpha value is -5.40. The standard InChI is InChI=1S/C33H18F8N2O4/c1-15-3-7-19(25(34)11-15)20-10-6-18(14-26(20)35)43-29(46)22-9-5-17(13-24(22)30(43)47)31(32(36,37)38,33(39,40)41)16-4-8-21-23(12-16)28(45)42(2)27(21)44/h3-14H,1-2H3. The van der Waals surface area contributed by atoms with Crippen molar-refractivity contribution in [3.05, 3.63) is 123 Å². The number of aryl methyl sites for hydroxylation is 1. The third-order valence-corrected chi connectivity index (χ3v) is 8.32. The molecule has 6 nitrogen and oxygen atoms in total. The molecule has 0 saturated carbocycles. The van der Waals surface area contributed by atoms with Crippen molar-refractivity contribution in [1.29, 1.82) is 0 Å². The number of alkyl halides is 6. The van der Waals surface area contributed by atoms with Gasteiger partial charge in [-0.25, -0.2) is 13.7 Å². The highest BCUT2D eigenvalue weighted by Crippen LogP contribution is 2.57. The fourth-order valence-corrected chi connectivity index (χ4v) is 5.99. The smallest absolute Gasteiger partial charge is 0.277 e. The first-order chi connectivity index (χ1) is 21.9. The molecule has 0 saturated heterocycles. The number of hydrogen-bond donors (Lipinski definition) is 0. The average Bonchev–Trinajstić information content (AvgIpc) is 3.35. The highest BCUT2D eigenvalue weighted by molar-refractivity contribution is 6.34. The zero-order valence-corrected chi connectivity index (χ0v) is 24.0. The minimum atomic E-state index is -6.12. The van der Waals surface area contributed by atoms with Crippen LogP contribution in [0, 0.1) is 18.6 Å². The van der Waals surface area contributed by atoms with Crippen LogP contribution in [0.4, 0.5) is 40.8 Å². The van der Waals surface area contributed by atoms with Crippen molar-refractivity contribution >= 4 is 29.3 Å². The van der Waals surface area contributed by atoms with Crippen LogP contribution >= 0.6 is 0 Å². The Morgan fingerprint density at radius 2 is 0.936 bits per heavy atom. The molecule has 47 heavy (non-hydrogen) atoms. The number of amides is 4. The lowest BCUT2D eigenvalue weighted by Crippen LogP contribution is -2.55. The molecule has 6 rings (SSSR count). The van der Waals surface area contributed by atoms with Crippen molar-refractivity contribution in [1.82, 2.24) is 4.90 Å². The number of fused-ring (bicyclic) bond motifs is 2. The van der Waals surface area contributed by atoms with Crippen molar-refractivity contribution in [2.24, 2.45) is 0 Å². The molecule has 0 unspecified atom stereocenters. The van der Waals surface area contributed by atoms with Gasteiger partial charge in [0.1, 0.15) is 11.6 Å². The van der Waals surface area contributed by atoms with Crippen LogP contribution in [0.2, 0.25) is 0 Å². The molecule has 4 aromatic rings. The largest absolute Gasteiger partial charge is 0.411 e. The molecular formula is C33H18F8N2O4. The summed E-state index contributed by atoms with van der Waals surface area (Å²) in [6.07, 6.45) is -12.2. The van der Waals surface area contributed by atoms with E-state index in [1.165, 1.54) is 12.1 Å². The average molecular weight is 659 g/mol. The predicted molar refractivity (Wildman–Crippen MR) is 150 cm³/mol. The van der Waals surface area contributed by atoms with Crippen LogP contribution < -0.4 is 4.90 Å². The second-order valence-corrected chi connectivity index (χ2v) is 11.0. The van der Waals surface area contributed by atoms with Gasteiger partial charge in [0.25, 0.3) is 23.6 Å². The highest BCUT2D eigenvalue weighted by Gasteiger charge is 2.73. The van der Waals surface area contributed by atoms with E-state index in [4.69, 9.17) is 0 Å². The first kappa shape index (κ1) is 31.6. The third-order valence-electron chi connectivity index (χ3n) is 8.32. The first-order valence-corrected chi connectivity index (χ1v) is 13.6. The summed E-state index contributed by atoms with van der Waals surface area (Å²) >= 11 is 0. The Balaban J connectivity index is 1.47. The van der Waals surface area contributed by atoms with Gasteiger partial charge in [0.05, 0.1) is 27.9 Å². The quantitative estimate of drug-likeness (QED) is 0.170. The van der Waals surface area contributed by atoms with E-state index < -0.39 is 92.1 Å².